The summed E-state index contributed by atoms with van der Waals surface area (Å²) in [5, 5.41) is 10.2. The first-order valence-electron chi connectivity index (χ1n) is 5.31. The Labute approximate surface area is 116 Å². The van der Waals surface area contributed by atoms with Gasteiger partial charge in [0.15, 0.2) is 5.75 Å². The van der Waals surface area contributed by atoms with E-state index in [1.54, 1.807) is 0 Å². The monoisotopic (exact) mass is 296 g/mol. The van der Waals surface area contributed by atoms with Crippen LogP contribution in [0.4, 0.5) is 0 Å². The lowest BCUT2D eigenvalue weighted by Gasteiger charge is -2.14. The molecule has 0 saturated carbocycles. The van der Waals surface area contributed by atoms with E-state index in [1.807, 2.05) is 12.1 Å². The molecule has 0 aliphatic heterocycles. The molecule has 1 N–H and O–H groups in total. The minimum atomic E-state index is -0.728. The van der Waals surface area contributed by atoms with Crippen LogP contribution in [0.2, 0.25) is 10.0 Å². The zero-order valence-corrected chi connectivity index (χ0v) is 12.0. The molecule has 1 aromatic rings. The summed E-state index contributed by atoms with van der Waals surface area (Å²) in [5.41, 5.74) is 1.05. The van der Waals surface area contributed by atoms with E-state index in [0.717, 1.165) is 5.56 Å². The summed E-state index contributed by atoms with van der Waals surface area (Å²) < 4.78 is 5.36. The van der Waals surface area contributed by atoms with E-state index in [1.165, 1.54) is 0 Å². The first-order valence-corrected chi connectivity index (χ1v) is 6.60. The molecule has 5 heteroatoms. The first-order chi connectivity index (χ1) is 7.95. The van der Waals surface area contributed by atoms with E-state index in [0.29, 0.717) is 21.7 Å². The summed E-state index contributed by atoms with van der Waals surface area (Å²) in [5.74, 6) is 0.841. The molecule has 0 aliphatic rings. The summed E-state index contributed by atoms with van der Waals surface area (Å²) >= 11 is 17.6. The van der Waals surface area contributed by atoms with Crippen LogP contribution in [0.3, 0.4) is 0 Å². The molecule has 1 rings (SSSR count). The summed E-state index contributed by atoms with van der Waals surface area (Å²) in [6, 6.07) is 3.64. The molecule has 0 aliphatic carbocycles. The largest absolute Gasteiger partial charge is 0.488 e. The molecule has 1 atom stereocenters. The minimum Gasteiger partial charge on any atom is -0.488 e. The Morgan fingerprint density at radius 1 is 1.24 bits per heavy atom. The Hall–Kier alpha value is -0.150. The maximum Gasteiger partial charge on any atom is 0.156 e. The highest BCUT2D eigenvalue weighted by molar-refractivity contribution is 6.37. The third kappa shape index (κ3) is 4.22. The smallest absolute Gasteiger partial charge is 0.156 e. The van der Waals surface area contributed by atoms with Gasteiger partial charge in [0, 0.05) is 0 Å². The van der Waals surface area contributed by atoms with Gasteiger partial charge in [-0.25, -0.2) is 0 Å². The number of hydrogen-bond acceptors (Lipinski definition) is 2. The van der Waals surface area contributed by atoms with Crippen LogP contribution in [0.25, 0.3) is 0 Å². The van der Waals surface area contributed by atoms with Gasteiger partial charge in [-0.05, 0) is 23.6 Å². The van der Waals surface area contributed by atoms with Crippen LogP contribution in [0.5, 0.6) is 5.75 Å². The molecular weight excluding hydrogens is 282 g/mol. The molecule has 0 bridgehead atoms. The molecule has 0 heterocycles. The van der Waals surface area contributed by atoms with Crippen molar-refractivity contribution in [3.63, 3.8) is 0 Å². The summed E-state index contributed by atoms with van der Waals surface area (Å²) in [6.45, 7) is 4.18. The zero-order valence-electron chi connectivity index (χ0n) is 9.71. The van der Waals surface area contributed by atoms with Gasteiger partial charge in [-0.3, -0.25) is 0 Å². The second kappa shape index (κ2) is 6.69. The maximum absolute atomic E-state index is 9.30. The van der Waals surface area contributed by atoms with E-state index in [2.05, 4.69) is 13.8 Å². The van der Waals surface area contributed by atoms with Crippen LogP contribution in [-0.4, -0.2) is 23.7 Å². The fourth-order valence-electron chi connectivity index (χ4n) is 1.27. The highest BCUT2D eigenvalue weighted by Gasteiger charge is 2.13. The van der Waals surface area contributed by atoms with Crippen LogP contribution < -0.4 is 4.74 Å². The average molecular weight is 298 g/mol. The van der Waals surface area contributed by atoms with Crippen LogP contribution in [0.1, 0.15) is 25.3 Å². The first kappa shape index (κ1) is 14.9. The highest BCUT2D eigenvalue weighted by Crippen LogP contribution is 2.36. The minimum absolute atomic E-state index is 0.0734. The number of rotatable bonds is 5. The molecule has 1 aromatic carbocycles. The molecular formula is C12H15Cl3O2. The van der Waals surface area contributed by atoms with Crippen LogP contribution in [0, 0.1) is 0 Å². The normalized spacial score (nSPS) is 12.9. The summed E-state index contributed by atoms with van der Waals surface area (Å²) in [4.78, 5) is 0. The Morgan fingerprint density at radius 2 is 1.76 bits per heavy atom. The molecule has 0 radical (unpaired) electrons. The Bertz CT molecular complexity index is 357. The van der Waals surface area contributed by atoms with Gasteiger partial charge in [-0.1, -0.05) is 37.0 Å². The maximum atomic E-state index is 9.30. The lowest BCUT2D eigenvalue weighted by Crippen LogP contribution is -2.19. The quantitative estimate of drug-likeness (QED) is 0.829. The van der Waals surface area contributed by atoms with Crippen molar-refractivity contribution in [1.29, 1.82) is 0 Å². The van der Waals surface area contributed by atoms with E-state index >= 15 is 0 Å². The molecule has 96 valence electrons. The number of alkyl halides is 1. The third-order valence-corrected chi connectivity index (χ3v) is 3.20. The van der Waals surface area contributed by atoms with E-state index in [4.69, 9.17) is 39.5 Å². The second-order valence-electron chi connectivity index (χ2n) is 4.09. The molecule has 17 heavy (non-hydrogen) atoms. The van der Waals surface area contributed by atoms with Gasteiger partial charge in [0.05, 0.1) is 15.9 Å². The standard InChI is InChI=1S/C12H15Cl3O2/c1-7(2)8-3-10(14)12(11(15)4-8)17-6-9(16)5-13/h3-4,7,9,16H,5-6H2,1-2H3. The lowest BCUT2D eigenvalue weighted by molar-refractivity contribution is 0.125. The fourth-order valence-corrected chi connectivity index (χ4v) is 1.98. The topological polar surface area (TPSA) is 29.5 Å². The van der Waals surface area contributed by atoms with Crippen molar-refractivity contribution in [3.8, 4) is 5.75 Å². The number of halogens is 3. The van der Waals surface area contributed by atoms with Crippen molar-refractivity contribution < 1.29 is 9.84 Å². The van der Waals surface area contributed by atoms with Crippen LogP contribution in [-0.2, 0) is 0 Å². The average Bonchev–Trinajstić information content (AvgIpc) is 2.27. The Balaban J connectivity index is 2.86. The second-order valence-corrected chi connectivity index (χ2v) is 5.21. The lowest BCUT2D eigenvalue weighted by atomic mass is 10.0. The van der Waals surface area contributed by atoms with Gasteiger partial charge < -0.3 is 9.84 Å². The Kier molecular flexibility index (Phi) is 5.87. The van der Waals surface area contributed by atoms with Gasteiger partial charge >= 0.3 is 0 Å². The van der Waals surface area contributed by atoms with Gasteiger partial charge in [0.25, 0.3) is 0 Å². The third-order valence-electron chi connectivity index (χ3n) is 2.29. The predicted octanol–water partition coefficient (Wildman–Crippen LogP) is 4.10. The fraction of sp³-hybridized carbons (Fsp3) is 0.500. The van der Waals surface area contributed by atoms with E-state index in [-0.39, 0.29) is 12.5 Å². The van der Waals surface area contributed by atoms with Gasteiger partial charge in [0.1, 0.15) is 12.7 Å². The molecule has 2 nitrogen and oxygen atoms in total. The molecule has 0 saturated heterocycles. The Morgan fingerprint density at radius 3 is 2.18 bits per heavy atom. The van der Waals surface area contributed by atoms with Crippen molar-refractivity contribution in [2.75, 3.05) is 12.5 Å². The number of aliphatic hydroxyl groups excluding tert-OH is 1. The highest BCUT2D eigenvalue weighted by atomic mass is 35.5. The number of ether oxygens (including phenoxy) is 1. The van der Waals surface area contributed by atoms with Crippen molar-refractivity contribution in [1.82, 2.24) is 0 Å². The number of benzene rings is 1. The van der Waals surface area contributed by atoms with E-state index < -0.39 is 6.10 Å². The van der Waals surface area contributed by atoms with Gasteiger partial charge in [-0.15, -0.1) is 11.6 Å². The van der Waals surface area contributed by atoms with E-state index in [9.17, 15) is 5.11 Å². The molecule has 1 unspecified atom stereocenters. The SMILES string of the molecule is CC(C)c1cc(Cl)c(OCC(O)CCl)c(Cl)c1. The van der Waals surface area contributed by atoms with Crippen LogP contribution in [0.15, 0.2) is 12.1 Å². The summed E-state index contributed by atoms with van der Waals surface area (Å²) in [7, 11) is 0. The van der Waals surface area contributed by atoms with Crippen molar-refractivity contribution in [2.24, 2.45) is 0 Å². The molecule has 0 spiro atoms. The van der Waals surface area contributed by atoms with Crippen molar-refractivity contribution in [3.05, 3.63) is 27.7 Å². The summed E-state index contributed by atoms with van der Waals surface area (Å²) in [6.07, 6.45) is -0.728. The predicted molar refractivity (Wildman–Crippen MR) is 72.8 cm³/mol. The molecule has 0 aromatic heterocycles. The zero-order chi connectivity index (χ0) is 13.0. The molecule has 0 amide bonds. The number of hydrogen-bond donors (Lipinski definition) is 1. The van der Waals surface area contributed by atoms with Gasteiger partial charge in [-0.2, -0.15) is 0 Å². The van der Waals surface area contributed by atoms with Gasteiger partial charge in [0.2, 0.25) is 0 Å². The van der Waals surface area contributed by atoms with Crippen molar-refractivity contribution in [2.45, 2.75) is 25.9 Å². The van der Waals surface area contributed by atoms with Crippen LogP contribution >= 0.6 is 34.8 Å². The van der Waals surface area contributed by atoms with Crippen molar-refractivity contribution >= 4 is 34.8 Å². The number of aliphatic hydroxyl groups is 1. The molecule has 0 fully saturated rings.